The minimum absolute atomic E-state index is 0.179. The smallest absolute Gasteiger partial charge is 0.326 e. The lowest BCUT2D eigenvalue weighted by Crippen LogP contribution is -2.53. The van der Waals surface area contributed by atoms with Crippen LogP contribution in [-0.4, -0.2) is 46.0 Å². The molecule has 0 saturated heterocycles. The molecule has 5 heteroatoms. The second-order valence-electron chi connectivity index (χ2n) is 5.32. The fourth-order valence-electron chi connectivity index (χ4n) is 2.79. The Bertz CT molecular complexity index is 530. The van der Waals surface area contributed by atoms with Crippen LogP contribution in [-0.2, 0) is 17.8 Å². The van der Waals surface area contributed by atoms with Crippen LogP contribution in [0.5, 0.6) is 0 Å². The van der Waals surface area contributed by atoms with Crippen molar-refractivity contribution in [2.24, 2.45) is 0 Å². The van der Waals surface area contributed by atoms with Crippen molar-refractivity contribution >= 4 is 12.0 Å². The van der Waals surface area contributed by atoms with Gasteiger partial charge in [-0.3, -0.25) is 0 Å². The molecule has 0 bridgehead atoms. The van der Waals surface area contributed by atoms with E-state index in [0.717, 1.165) is 17.5 Å². The zero-order valence-corrected chi connectivity index (χ0v) is 12.6. The maximum Gasteiger partial charge on any atom is 0.326 e. The number of carboxylic acids is 1. The number of hydrogen-bond donors (Lipinski definition) is 1. The van der Waals surface area contributed by atoms with E-state index in [9.17, 15) is 14.7 Å². The first-order valence-corrected chi connectivity index (χ1v) is 7.43. The van der Waals surface area contributed by atoms with Crippen LogP contribution < -0.4 is 0 Å². The van der Waals surface area contributed by atoms with E-state index < -0.39 is 12.0 Å². The molecule has 0 aliphatic carbocycles. The lowest BCUT2D eigenvalue weighted by Gasteiger charge is -2.37. The summed E-state index contributed by atoms with van der Waals surface area (Å²) in [6.45, 7) is 5.54. The summed E-state index contributed by atoms with van der Waals surface area (Å²) < 4.78 is 0. The van der Waals surface area contributed by atoms with Gasteiger partial charge in [0.1, 0.15) is 6.04 Å². The first-order valence-electron chi connectivity index (χ1n) is 7.43. The van der Waals surface area contributed by atoms with Gasteiger partial charge in [-0.25, -0.2) is 9.59 Å². The van der Waals surface area contributed by atoms with Crippen LogP contribution in [0.25, 0.3) is 0 Å². The first-order chi connectivity index (χ1) is 10.1. The van der Waals surface area contributed by atoms with Crippen molar-refractivity contribution in [3.8, 4) is 0 Å². The molecule has 5 nitrogen and oxygen atoms in total. The van der Waals surface area contributed by atoms with Gasteiger partial charge in [0.25, 0.3) is 0 Å². The molecule has 2 rings (SSSR count). The van der Waals surface area contributed by atoms with Crippen molar-refractivity contribution in [3.63, 3.8) is 0 Å². The molecule has 114 valence electrons. The molecule has 1 aromatic rings. The summed E-state index contributed by atoms with van der Waals surface area (Å²) in [6.07, 6.45) is 1.24. The number of aliphatic carboxylic acids is 1. The third-order valence-corrected chi connectivity index (χ3v) is 3.93. The second kappa shape index (κ2) is 6.61. The minimum Gasteiger partial charge on any atom is -0.480 e. The molecular weight excluding hydrogens is 268 g/mol. The van der Waals surface area contributed by atoms with Gasteiger partial charge in [0.2, 0.25) is 0 Å². The standard InChI is InChI=1S/C16H22N2O3/c1-3-9-17(4-2)16(21)18-11-13-8-6-5-7-12(13)10-14(18)15(19)20/h5-8,14H,3-4,9-11H2,1-2H3,(H,19,20)/t14-/m0/s1. The van der Waals surface area contributed by atoms with Crippen LogP contribution in [0.4, 0.5) is 4.79 Å². The second-order valence-corrected chi connectivity index (χ2v) is 5.32. The highest BCUT2D eigenvalue weighted by Crippen LogP contribution is 2.24. The molecule has 0 spiro atoms. The van der Waals surface area contributed by atoms with Crippen LogP contribution in [0.2, 0.25) is 0 Å². The minimum atomic E-state index is -0.939. The molecule has 2 amide bonds. The number of nitrogens with zero attached hydrogens (tertiary/aromatic N) is 2. The van der Waals surface area contributed by atoms with Crippen LogP contribution in [0.1, 0.15) is 31.4 Å². The quantitative estimate of drug-likeness (QED) is 0.926. The van der Waals surface area contributed by atoms with Gasteiger partial charge in [-0.1, -0.05) is 31.2 Å². The summed E-state index contributed by atoms with van der Waals surface area (Å²) >= 11 is 0. The highest BCUT2D eigenvalue weighted by Gasteiger charge is 2.36. The Morgan fingerprint density at radius 2 is 1.95 bits per heavy atom. The summed E-state index contributed by atoms with van der Waals surface area (Å²) in [4.78, 5) is 27.4. The fourth-order valence-corrected chi connectivity index (χ4v) is 2.79. The molecule has 0 fully saturated rings. The summed E-state index contributed by atoms with van der Waals surface area (Å²) in [5.74, 6) is -0.939. The number of hydrogen-bond acceptors (Lipinski definition) is 2. The van der Waals surface area contributed by atoms with Gasteiger partial charge < -0.3 is 14.9 Å². The molecular formula is C16H22N2O3. The van der Waals surface area contributed by atoms with Crippen LogP contribution in [0.15, 0.2) is 24.3 Å². The number of carboxylic acid groups (broad SMARTS) is 1. The Labute approximate surface area is 125 Å². The van der Waals surface area contributed by atoms with Crippen molar-refractivity contribution in [3.05, 3.63) is 35.4 Å². The predicted octanol–water partition coefficient (Wildman–Crippen LogP) is 2.35. The van der Waals surface area contributed by atoms with Gasteiger partial charge in [-0.15, -0.1) is 0 Å². The molecule has 1 aliphatic rings. The summed E-state index contributed by atoms with van der Waals surface area (Å²) in [6, 6.07) is 6.77. The Balaban J connectivity index is 2.28. The molecule has 0 saturated carbocycles. The SMILES string of the molecule is CCCN(CC)C(=O)N1Cc2ccccc2C[C@H]1C(=O)O. The third kappa shape index (κ3) is 3.17. The number of amides is 2. The van der Waals surface area contributed by atoms with Gasteiger partial charge in [0, 0.05) is 26.1 Å². The normalized spacial score (nSPS) is 17.2. The number of benzene rings is 1. The van der Waals surface area contributed by atoms with E-state index in [1.807, 2.05) is 38.1 Å². The molecule has 1 aromatic carbocycles. The molecule has 0 radical (unpaired) electrons. The lowest BCUT2D eigenvalue weighted by atomic mass is 9.94. The largest absolute Gasteiger partial charge is 0.480 e. The highest BCUT2D eigenvalue weighted by molar-refractivity contribution is 5.83. The summed E-state index contributed by atoms with van der Waals surface area (Å²) in [7, 11) is 0. The number of fused-ring (bicyclic) bond motifs is 1. The van der Waals surface area contributed by atoms with Crippen molar-refractivity contribution < 1.29 is 14.7 Å². The van der Waals surface area contributed by atoms with Crippen LogP contribution in [0.3, 0.4) is 0 Å². The zero-order chi connectivity index (χ0) is 15.4. The molecule has 0 aromatic heterocycles. The Morgan fingerprint density at radius 3 is 2.52 bits per heavy atom. The van der Waals surface area contributed by atoms with Crippen molar-refractivity contribution in [1.29, 1.82) is 0 Å². The first kappa shape index (κ1) is 15.4. The van der Waals surface area contributed by atoms with E-state index in [-0.39, 0.29) is 6.03 Å². The van der Waals surface area contributed by atoms with Gasteiger partial charge in [-0.2, -0.15) is 0 Å². The van der Waals surface area contributed by atoms with E-state index in [1.54, 1.807) is 4.90 Å². The highest BCUT2D eigenvalue weighted by atomic mass is 16.4. The maximum absolute atomic E-state index is 12.6. The van der Waals surface area contributed by atoms with Crippen LogP contribution >= 0.6 is 0 Å². The van der Waals surface area contributed by atoms with Gasteiger partial charge in [-0.05, 0) is 24.5 Å². The van der Waals surface area contributed by atoms with Crippen molar-refractivity contribution in [2.75, 3.05) is 13.1 Å². The number of carbonyl (C=O) groups excluding carboxylic acids is 1. The van der Waals surface area contributed by atoms with E-state index in [1.165, 1.54) is 4.90 Å². The van der Waals surface area contributed by atoms with Gasteiger partial charge in [0.05, 0.1) is 0 Å². The fraction of sp³-hybridized carbons (Fsp3) is 0.500. The number of carbonyl (C=O) groups is 2. The molecule has 1 heterocycles. The molecule has 0 unspecified atom stereocenters. The van der Waals surface area contributed by atoms with E-state index in [2.05, 4.69) is 0 Å². The number of urea groups is 1. The predicted molar refractivity (Wildman–Crippen MR) is 80.0 cm³/mol. The summed E-state index contributed by atoms with van der Waals surface area (Å²) in [5.41, 5.74) is 2.06. The number of rotatable bonds is 4. The van der Waals surface area contributed by atoms with E-state index in [0.29, 0.717) is 26.1 Å². The Morgan fingerprint density at radius 1 is 1.29 bits per heavy atom. The van der Waals surface area contributed by atoms with Crippen molar-refractivity contribution in [2.45, 2.75) is 39.3 Å². The monoisotopic (exact) mass is 290 g/mol. The molecule has 21 heavy (non-hydrogen) atoms. The van der Waals surface area contributed by atoms with Crippen molar-refractivity contribution in [1.82, 2.24) is 9.80 Å². The Kier molecular flexibility index (Phi) is 4.83. The van der Waals surface area contributed by atoms with Gasteiger partial charge in [0.15, 0.2) is 0 Å². The molecule has 1 N–H and O–H groups in total. The van der Waals surface area contributed by atoms with E-state index in [4.69, 9.17) is 0 Å². The lowest BCUT2D eigenvalue weighted by molar-refractivity contribution is -0.142. The third-order valence-electron chi connectivity index (χ3n) is 3.93. The maximum atomic E-state index is 12.6. The average molecular weight is 290 g/mol. The zero-order valence-electron chi connectivity index (χ0n) is 12.6. The Hall–Kier alpha value is -2.04. The van der Waals surface area contributed by atoms with E-state index >= 15 is 0 Å². The summed E-state index contributed by atoms with van der Waals surface area (Å²) in [5, 5.41) is 9.46. The van der Waals surface area contributed by atoms with Gasteiger partial charge >= 0.3 is 12.0 Å². The molecule has 1 atom stereocenters. The topological polar surface area (TPSA) is 60.9 Å². The van der Waals surface area contributed by atoms with Crippen LogP contribution in [0, 0.1) is 0 Å². The average Bonchev–Trinajstić information content (AvgIpc) is 2.50. The molecule has 1 aliphatic heterocycles.